The van der Waals surface area contributed by atoms with E-state index in [9.17, 15) is 0 Å². The Morgan fingerprint density at radius 3 is 2.88 bits per heavy atom. The third kappa shape index (κ3) is 3.23. The number of halogens is 1. The van der Waals surface area contributed by atoms with Crippen LogP contribution in [0.4, 0.5) is 5.95 Å². The van der Waals surface area contributed by atoms with Crippen molar-refractivity contribution in [1.82, 2.24) is 9.97 Å². The molecule has 1 fully saturated rings. The lowest BCUT2D eigenvalue weighted by molar-refractivity contribution is 0.755. The molecular weight excluding hydrogens is 333 g/mol. The highest BCUT2D eigenvalue weighted by atomic mass is 127. The van der Waals surface area contributed by atoms with Crippen molar-refractivity contribution in [3.63, 3.8) is 0 Å². The molecule has 88 valence electrons. The van der Waals surface area contributed by atoms with Crippen molar-refractivity contribution in [2.24, 2.45) is 0 Å². The Labute approximate surface area is 114 Å². The molecule has 2 unspecified atom stereocenters. The molecule has 3 nitrogen and oxygen atoms in total. The molecule has 1 aromatic rings. The third-order valence-corrected chi connectivity index (χ3v) is 4.65. The van der Waals surface area contributed by atoms with E-state index >= 15 is 0 Å². The van der Waals surface area contributed by atoms with Gasteiger partial charge in [-0.15, -0.1) is 0 Å². The van der Waals surface area contributed by atoms with Crippen LogP contribution in [0.15, 0.2) is 12.4 Å². The Hall–Kier alpha value is -0.0400. The molecule has 1 aromatic heterocycles. The first kappa shape index (κ1) is 12.4. The molecule has 0 spiro atoms. The molecule has 0 aliphatic heterocycles. The van der Waals surface area contributed by atoms with Crippen molar-refractivity contribution in [3.05, 3.63) is 16.0 Å². The van der Waals surface area contributed by atoms with Crippen LogP contribution in [-0.4, -0.2) is 27.0 Å². The Morgan fingerprint density at radius 2 is 2.19 bits per heavy atom. The van der Waals surface area contributed by atoms with E-state index < -0.39 is 0 Å². The number of hydrogen-bond acceptors (Lipinski definition) is 4. The van der Waals surface area contributed by atoms with Crippen LogP contribution in [0.3, 0.4) is 0 Å². The van der Waals surface area contributed by atoms with Crippen molar-refractivity contribution in [2.45, 2.75) is 37.5 Å². The molecule has 1 N–H and O–H groups in total. The summed E-state index contributed by atoms with van der Waals surface area (Å²) in [6, 6.07) is 0.546. The Balaban J connectivity index is 1.95. The highest BCUT2D eigenvalue weighted by Crippen LogP contribution is 2.31. The molecule has 1 saturated carbocycles. The Kier molecular flexibility index (Phi) is 4.69. The SMILES string of the molecule is CCSC1CCCC1Nc1ncc(I)cn1. The molecule has 0 radical (unpaired) electrons. The van der Waals surface area contributed by atoms with Crippen LogP contribution in [0.5, 0.6) is 0 Å². The predicted molar refractivity (Wildman–Crippen MR) is 77.9 cm³/mol. The number of nitrogens with one attached hydrogen (secondary N) is 1. The molecule has 0 aromatic carbocycles. The van der Waals surface area contributed by atoms with Crippen LogP contribution in [0.2, 0.25) is 0 Å². The maximum atomic E-state index is 4.30. The van der Waals surface area contributed by atoms with Gasteiger partial charge in [-0.2, -0.15) is 11.8 Å². The van der Waals surface area contributed by atoms with Crippen molar-refractivity contribution < 1.29 is 0 Å². The predicted octanol–water partition coefficient (Wildman–Crippen LogP) is 3.17. The average Bonchev–Trinajstić information content (AvgIpc) is 2.70. The lowest BCUT2D eigenvalue weighted by Gasteiger charge is -2.19. The van der Waals surface area contributed by atoms with Gasteiger partial charge in [0.2, 0.25) is 5.95 Å². The van der Waals surface area contributed by atoms with Crippen molar-refractivity contribution in [1.29, 1.82) is 0 Å². The summed E-state index contributed by atoms with van der Waals surface area (Å²) in [7, 11) is 0. The molecule has 1 aliphatic rings. The molecule has 1 heterocycles. The molecule has 0 saturated heterocycles. The van der Waals surface area contributed by atoms with Gasteiger partial charge in [0.05, 0.1) is 0 Å². The second-order valence-electron chi connectivity index (χ2n) is 3.90. The fourth-order valence-electron chi connectivity index (χ4n) is 2.06. The van der Waals surface area contributed by atoms with Gasteiger partial charge in [-0.3, -0.25) is 0 Å². The quantitative estimate of drug-likeness (QED) is 0.848. The zero-order valence-corrected chi connectivity index (χ0v) is 12.3. The van der Waals surface area contributed by atoms with Crippen LogP contribution in [0, 0.1) is 3.57 Å². The van der Waals surface area contributed by atoms with E-state index in [1.807, 2.05) is 24.2 Å². The summed E-state index contributed by atoms with van der Waals surface area (Å²) in [5.41, 5.74) is 0. The second-order valence-corrected chi connectivity index (χ2v) is 6.66. The first-order valence-electron chi connectivity index (χ1n) is 5.65. The maximum absolute atomic E-state index is 4.30. The van der Waals surface area contributed by atoms with E-state index in [4.69, 9.17) is 0 Å². The van der Waals surface area contributed by atoms with Gasteiger partial charge in [-0.25, -0.2) is 9.97 Å². The van der Waals surface area contributed by atoms with E-state index in [1.165, 1.54) is 25.0 Å². The number of anilines is 1. The van der Waals surface area contributed by atoms with E-state index in [1.54, 1.807) is 0 Å². The van der Waals surface area contributed by atoms with Crippen LogP contribution in [-0.2, 0) is 0 Å². The fraction of sp³-hybridized carbons (Fsp3) is 0.636. The Morgan fingerprint density at radius 1 is 1.44 bits per heavy atom. The van der Waals surface area contributed by atoms with Gasteiger partial charge in [0.25, 0.3) is 0 Å². The molecule has 2 atom stereocenters. The Bertz CT molecular complexity index is 331. The third-order valence-electron chi connectivity index (χ3n) is 2.77. The largest absolute Gasteiger partial charge is 0.350 e. The fourth-order valence-corrected chi connectivity index (χ4v) is 3.53. The van der Waals surface area contributed by atoms with Gasteiger partial charge in [0.1, 0.15) is 0 Å². The smallest absolute Gasteiger partial charge is 0.222 e. The van der Waals surface area contributed by atoms with Crippen LogP contribution >= 0.6 is 34.4 Å². The van der Waals surface area contributed by atoms with Crippen LogP contribution in [0.1, 0.15) is 26.2 Å². The van der Waals surface area contributed by atoms with Gasteiger partial charge in [-0.05, 0) is 41.2 Å². The lowest BCUT2D eigenvalue weighted by atomic mass is 10.2. The average molecular weight is 349 g/mol. The molecule has 1 aliphatic carbocycles. The summed E-state index contributed by atoms with van der Waals surface area (Å²) >= 11 is 4.27. The standard InChI is InChI=1S/C11H16IN3S/c1-2-16-10-5-3-4-9(10)15-11-13-6-8(12)7-14-11/h6-7,9-10H,2-5H2,1H3,(H,13,14,15). The summed E-state index contributed by atoms with van der Waals surface area (Å²) in [5, 5.41) is 4.19. The molecule has 0 bridgehead atoms. The van der Waals surface area contributed by atoms with E-state index in [-0.39, 0.29) is 0 Å². The zero-order chi connectivity index (χ0) is 11.4. The van der Waals surface area contributed by atoms with E-state index in [2.05, 4.69) is 44.8 Å². The number of rotatable bonds is 4. The van der Waals surface area contributed by atoms with E-state index in [0.717, 1.165) is 14.8 Å². The van der Waals surface area contributed by atoms with Gasteiger partial charge >= 0.3 is 0 Å². The topological polar surface area (TPSA) is 37.8 Å². The summed E-state index contributed by atoms with van der Waals surface area (Å²) in [4.78, 5) is 8.59. The normalized spacial score (nSPS) is 24.6. The summed E-state index contributed by atoms with van der Waals surface area (Å²) < 4.78 is 1.08. The van der Waals surface area contributed by atoms with Crippen molar-refractivity contribution in [3.8, 4) is 0 Å². The zero-order valence-electron chi connectivity index (χ0n) is 9.32. The monoisotopic (exact) mass is 349 g/mol. The molecular formula is C11H16IN3S. The van der Waals surface area contributed by atoms with Crippen LogP contribution in [0.25, 0.3) is 0 Å². The molecule has 0 amide bonds. The highest BCUT2D eigenvalue weighted by Gasteiger charge is 2.27. The minimum atomic E-state index is 0.546. The molecule has 2 rings (SSSR count). The lowest BCUT2D eigenvalue weighted by Crippen LogP contribution is -2.27. The van der Waals surface area contributed by atoms with Crippen molar-refractivity contribution >= 4 is 40.3 Å². The van der Waals surface area contributed by atoms with Gasteiger partial charge in [0, 0.05) is 27.3 Å². The second kappa shape index (κ2) is 6.05. The number of nitrogens with zero attached hydrogens (tertiary/aromatic N) is 2. The van der Waals surface area contributed by atoms with Crippen LogP contribution < -0.4 is 5.32 Å². The molecule has 16 heavy (non-hydrogen) atoms. The highest BCUT2D eigenvalue weighted by molar-refractivity contribution is 14.1. The van der Waals surface area contributed by atoms with E-state index in [0.29, 0.717) is 6.04 Å². The first-order chi connectivity index (χ1) is 7.79. The summed E-state index contributed by atoms with van der Waals surface area (Å²) in [5.74, 6) is 1.96. The summed E-state index contributed by atoms with van der Waals surface area (Å²) in [6.45, 7) is 2.22. The number of thioether (sulfide) groups is 1. The number of aromatic nitrogens is 2. The van der Waals surface area contributed by atoms with Gasteiger partial charge in [0.15, 0.2) is 0 Å². The van der Waals surface area contributed by atoms with Gasteiger partial charge < -0.3 is 5.32 Å². The minimum Gasteiger partial charge on any atom is -0.350 e. The maximum Gasteiger partial charge on any atom is 0.222 e. The minimum absolute atomic E-state index is 0.546. The van der Waals surface area contributed by atoms with Crippen molar-refractivity contribution in [2.75, 3.05) is 11.1 Å². The summed E-state index contributed by atoms with van der Waals surface area (Å²) in [6.07, 6.45) is 7.59. The first-order valence-corrected chi connectivity index (χ1v) is 7.78. The van der Waals surface area contributed by atoms with Gasteiger partial charge in [-0.1, -0.05) is 13.3 Å². The number of hydrogen-bond donors (Lipinski definition) is 1. The molecule has 5 heteroatoms.